The van der Waals surface area contributed by atoms with Crippen LogP contribution in [0.2, 0.25) is 0 Å². The van der Waals surface area contributed by atoms with Crippen molar-refractivity contribution in [1.29, 1.82) is 0 Å². The molecule has 3 heterocycles. The number of amides is 1. The molecule has 3 aromatic rings. The molecule has 0 radical (unpaired) electrons. The van der Waals surface area contributed by atoms with E-state index in [1.165, 1.54) is 0 Å². The summed E-state index contributed by atoms with van der Waals surface area (Å²) in [5.74, 6) is 0.208. The first-order chi connectivity index (χ1) is 13.4. The number of pyridine rings is 1. The lowest BCUT2D eigenvalue weighted by molar-refractivity contribution is 0.0986. The monoisotopic (exact) mass is 449 g/mol. The quantitative estimate of drug-likeness (QED) is 0.560. The molecule has 0 atom stereocenters. The van der Waals surface area contributed by atoms with Crippen molar-refractivity contribution in [2.75, 3.05) is 17.2 Å². The second-order valence-electron chi connectivity index (χ2n) is 8.07. The predicted molar refractivity (Wildman–Crippen MR) is 127 cm³/mol. The molecule has 0 aliphatic carbocycles. The van der Waals surface area contributed by atoms with Gasteiger partial charge in [-0.15, -0.1) is 24.8 Å². The molecule has 1 amide bonds. The van der Waals surface area contributed by atoms with Gasteiger partial charge in [-0.05, 0) is 56.4 Å². The van der Waals surface area contributed by atoms with Gasteiger partial charge < -0.3 is 10.6 Å². The Hall–Kier alpha value is -2.31. The van der Waals surface area contributed by atoms with Crippen molar-refractivity contribution < 1.29 is 4.79 Å². The van der Waals surface area contributed by atoms with Gasteiger partial charge in [0.1, 0.15) is 0 Å². The number of nitrogen functional groups attached to an aromatic ring is 1. The van der Waals surface area contributed by atoms with Crippen molar-refractivity contribution in [1.82, 2.24) is 14.8 Å². The van der Waals surface area contributed by atoms with Crippen LogP contribution in [-0.2, 0) is 6.42 Å². The van der Waals surface area contributed by atoms with Gasteiger partial charge in [0.2, 0.25) is 0 Å². The fourth-order valence-corrected chi connectivity index (χ4v) is 3.90. The van der Waals surface area contributed by atoms with Crippen LogP contribution in [0.4, 0.5) is 11.4 Å². The molecule has 0 spiro atoms. The van der Waals surface area contributed by atoms with Crippen molar-refractivity contribution in [3.63, 3.8) is 0 Å². The zero-order valence-corrected chi connectivity index (χ0v) is 19.4. The third-order valence-electron chi connectivity index (χ3n) is 5.43. The maximum absolute atomic E-state index is 13.7. The molecule has 1 aromatic carbocycles. The number of carbonyl (C=O) groups excluding carboxylic acids is 1. The molecule has 4 rings (SSSR count). The fraction of sp³-hybridized carbons (Fsp3) is 0.409. The first-order valence-corrected chi connectivity index (χ1v) is 9.96. The van der Waals surface area contributed by atoms with E-state index in [2.05, 4.69) is 32.8 Å². The van der Waals surface area contributed by atoms with Crippen LogP contribution in [0.1, 0.15) is 67.7 Å². The SMILES string of the molecule is CC(C)c1cc(C(=O)N2CCCc3c(N)cccc32)c2cnn(C(C)C)c2n1.Cl.Cl. The summed E-state index contributed by atoms with van der Waals surface area (Å²) >= 11 is 0. The van der Waals surface area contributed by atoms with Gasteiger partial charge in [-0.1, -0.05) is 19.9 Å². The number of nitrogens with two attached hydrogens (primary N) is 1. The van der Waals surface area contributed by atoms with Gasteiger partial charge >= 0.3 is 0 Å². The van der Waals surface area contributed by atoms with E-state index in [4.69, 9.17) is 10.7 Å². The van der Waals surface area contributed by atoms with E-state index < -0.39 is 0 Å². The normalized spacial score (nSPS) is 13.2. The van der Waals surface area contributed by atoms with Crippen molar-refractivity contribution in [2.24, 2.45) is 0 Å². The second kappa shape index (κ2) is 9.23. The lowest BCUT2D eigenvalue weighted by Gasteiger charge is -2.30. The van der Waals surface area contributed by atoms with Crippen molar-refractivity contribution >= 4 is 53.1 Å². The molecule has 2 N–H and O–H groups in total. The molecular formula is C22H29Cl2N5O. The molecule has 0 unspecified atom stereocenters. The van der Waals surface area contributed by atoms with Crippen LogP contribution in [-0.4, -0.2) is 27.2 Å². The molecule has 1 aliphatic rings. The van der Waals surface area contributed by atoms with Crippen LogP contribution in [0.3, 0.4) is 0 Å². The first-order valence-electron chi connectivity index (χ1n) is 9.96. The minimum Gasteiger partial charge on any atom is -0.398 e. The minimum absolute atomic E-state index is 0. The summed E-state index contributed by atoms with van der Waals surface area (Å²) in [7, 11) is 0. The summed E-state index contributed by atoms with van der Waals surface area (Å²) < 4.78 is 1.89. The van der Waals surface area contributed by atoms with Crippen molar-refractivity contribution in [2.45, 2.75) is 52.5 Å². The molecule has 2 aromatic heterocycles. The number of anilines is 2. The number of hydrogen-bond acceptors (Lipinski definition) is 4. The van der Waals surface area contributed by atoms with Gasteiger partial charge in [-0.25, -0.2) is 9.67 Å². The highest BCUT2D eigenvalue weighted by Crippen LogP contribution is 2.34. The van der Waals surface area contributed by atoms with E-state index in [-0.39, 0.29) is 42.7 Å². The molecule has 0 saturated heterocycles. The Bertz CT molecular complexity index is 1060. The summed E-state index contributed by atoms with van der Waals surface area (Å²) in [6, 6.07) is 7.91. The Balaban J connectivity index is 0.00000160. The molecule has 0 bridgehead atoms. The van der Waals surface area contributed by atoms with Gasteiger partial charge in [0.15, 0.2) is 5.65 Å². The number of halogens is 2. The summed E-state index contributed by atoms with van der Waals surface area (Å²) in [6.07, 6.45) is 3.58. The molecular weight excluding hydrogens is 421 g/mol. The van der Waals surface area contributed by atoms with Crippen molar-refractivity contribution in [3.8, 4) is 0 Å². The first kappa shape index (κ1) is 24.0. The smallest absolute Gasteiger partial charge is 0.259 e. The summed E-state index contributed by atoms with van der Waals surface area (Å²) in [5, 5.41) is 5.31. The van der Waals surface area contributed by atoms with Crippen LogP contribution >= 0.6 is 24.8 Å². The molecule has 0 saturated carbocycles. The van der Waals surface area contributed by atoms with Crippen molar-refractivity contribution in [3.05, 3.63) is 47.3 Å². The number of benzene rings is 1. The number of carbonyl (C=O) groups is 1. The summed E-state index contributed by atoms with van der Waals surface area (Å²) in [4.78, 5) is 20.3. The number of hydrogen-bond donors (Lipinski definition) is 1. The predicted octanol–water partition coefficient (Wildman–Crippen LogP) is 5.15. The zero-order chi connectivity index (χ0) is 20.0. The third kappa shape index (κ3) is 3.98. The van der Waals surface area contributed by atoms with Crippen LogP contribution in [0, 0.1) is 0 Å². The molecule has 6 nitrogen and oxygen atoms in total. The highest BCUT2D eigenvalue weighted by molar-refractivity contribution is 6.13. The molecule has 0 fully saturated rings. The van der Waals surface area contributed by atoms with Crippen LogP contribution in [0.5, 0.6) is 0 Å². The zero-order valence-electron chi connectivity index (χ0n) is 17.8. The van der Waals surface area contributed by atoms with Gasteiger partial charge in [-0.3, -0.25) is 4.79 Å². The maximum Gasteiger partial charge on any atom is 0.259 e. The van der Waals surface area contributed by atoms with E-state index >= 15 is 0 Å². The summed E-state index contributed by atoms with van der Waals surface area (Å²) in [6.45, 7) is 9.02. The Morgan fingerprint density at radius 1 is 1.17 bits per heavy atom. The fourth-order valence-electron chi connectivity index (χ4n) is 3.90. The molecule has 162 valence electrons. The Kier molecular flexibility index (Phi) is 7.37. The lowest BCUT2D eigenvalue weighted by Crippen LogP contribution is -2.36. The third-order valence-corrected chi connectivity index (χ3v) is 5.43. The number of fused-ring (bicyclic) bond motifs is 2. The maximum atomic E-state index is 13.7. The average Bonchev–Trinajstić information content (AvgIpc) is 3.11. The minimum atomic E-state index is -0.0100. The highest BCUT2D eigenvalue weighted by Gasteiger charge is 2.27. The number of aromatic nitrogens is 3. The van der Waals surface area contributed by atoms with E-state index in [0.29, 0.717) is 12.1 Å². The largest absolute Gasteiger partial charge is 0.398 e. The van der Waals surface area contributed by atoms with Gasteiger partial charge in [0, 0.05) is 29.7 Å². The van der Waals surface area contributed by atoms with E-state index in [0.717, 1.165) is 46.5 Å². The average molecular weight is 450 g/mol. The molecule has 1 aliphatic heterocycles. The van der Waals surface area contributed by atoms with Crippen LogP contribution < -0.4 is 10.6 Å². The van der Waals surface area contributed by atoms with Gasteiger partial charge in [0.25, 0.3) is 5.91 Å². The van der Waals surface area contributed by atoms with E-state index in [1.807, 2.05) is 33.8 Å². The molecule has 8 heteroatoms. The molecule has 30 heavy (non-hydrogen) atoms. The highest BCUT2D eigenvalue weighted by atomic mass is 35.5. The topological polar surface area (TPSA) is 77.0 Å². The van der Waals surface area contributed by atoms with E-state index in [9.17, 15) is 4.79 Å². The van der Waals surface area contributed by atoms with Crippen LogP contribution in [0.15, 0.2) is 30.5 Å². The second-order valence-corrected chi connectivity index (χ2v) is 8.07. The van der Waals surface area contributed by atoms with Gasteiger partial charge in [0.05, 0.1) is 17.1 Å². The van der Waals surface area contributed by atoms with Crippen LogP contribution in [0.25, 0.3) is 11.0 Å². The number of rotatable bonds is 3. The summed E-state index contributed by atoms with van der Waals surface area (Å²) in [5.41, 5.74) is 11.3. The Morgan fingerprint density at radius 2 is 1.90 bits per heavy atom. The lowest BCUT2D eigenvalue weighted by atomic mass is 9.98. The number of nitrogens with zero attached hydrogens (tertiary/aromatic N) is 4. The Morgan fingerprint density at radius 3 is 2.57 bits per heavy atom. The van der Waals surface area contributed by atoms with E-state index in [1.54, 1.807) is 6.20 Å². The van der Waals surface area contributed by atoms with Gasteiger partial charge in [-0.2, -0.15) is 5.10 Å². The Labute approximate surface area is 189 Å². The standard InChI is InChI=1S/C22H27N5O.2ClH/c1-13(2)19-11-16(17-12-24-27(14(3)4)21(17)25-19)22(28)26-10-6-7-15-18(23)8-5-9-20(15)26;;/h5,8-9,11-14H,6-7,10,23H2,1-4H3;2*1H.